The van der Waals surface area contributed by atoms with Crippen molar-refractivity contribution in [1.82, 2.24) is 10.3 Å². The van der Waals surface area contributed by atoms with Crippen molar-refractivity contribution in [2.24, 2.45) is 5.92 Å². The van der Waals surface area contributed by atoms with Crippen molar-refractivity contribution in [2.45, 2.75) is 46.2 Å². The molecule has 0 spiro atoms. The first-order valence-corrected chi connectivity index (χ1v) is 7.17. The molecule has 1 aromatic carbocycles. The summed E-state index contributed by atoms with van der Waals surface area (Å²) in [6.45, 7) is 8.93. The summed E-state index contributed by atoms with van der Waals surface area (Å²) in [6, 6.07) is 13.7. The Labute approximate surface area is 116 Å². The highest BCUT2D eigenvalue weighted by molar-refractivity contribution is 5.78. The van der Waals surface area contributed by atoms with Gasteiger partial charge in [-0.05, 0) is 31.4 Å². The lowest BCUT2D eigenvalue weighted by Gasteiger charge is -2.23. The Hall–Kier alpha value is -1.41. The zero-order valence-corrected chi connectivity index (χ0v) is 12.4. The molecule has 0 saturated heterocycles. The Balaban J connectivity index is 2.08. The van der Waals surface area contributed by atoms with Gasteiger partial charge >= 0.3 is 0 Å². The number of rotatable bonds is 5. The maximum atomic E-state index is 4.75. The first-order valence-electron chi connectivity index (χ1n) is 7.17. The second-order valence-corrected chi connectivity index (χ2v) is 5.79. The van der Waals surface area contributed by atoms with Gasteiger partial charge in [-0.1, -0.05) is 45.0 Å². The molecule has 1 N–H and O–H groups in total. The second kappa shape index (κ2) is 6.16. The van der Waals surface area contributed by atoms with Gasteiger partial charge in [-0.15, -0.1) is 0 Å². The summed E-state index contributed by atoms with van der Waals surface area (Å²) in [5.74, 6) is 0.580. The van der Waals surface area contributed by atoms with Crippen molar-refractivity contribution in [1.29, 1.82) is 0 Å². The number of para-hydroxylation sites is 1. The third-order valence-electron chi connectivity index (χ3n) is 3.64. The van der Waals surface area contributed by atoms with Gasteiger partial charge in [0.05, 0.1) is 5.52 Å². The van der Waals surface area contributed by atoms with E-state index in [1.54, 1.807) is 0 Å². The minimum absolute atomic E-state index is 0.508. The van der Waals surface area contributed by atoms with Crippen molar-refractivity contribution < 1.29 is 0 Å². The first kappa shape index (κ1) is 14.0. The predicted molar refractivity (Wildman–Crippen MR) is 82.3 cm³/mol. The zero-order chi connectivity index (χ0) is 13.8. The summed E-state index contributed by atoms with van der Waals surface area (Å²) in [7, 11) is 0. The van der Waals surface area contributed by atoms with Crippen LogP contribution in [0.15, 0.2) is 36.4 Å². The van der Waals surface area contributed by atoms with Crippen LogP contribution in [-0.2, 0) is 6.42 Å². The number of hydrogen-bond donors (Lipinski definition) is 1. The van der Waals surface area contributed by atoms with Crippen LogP contribution in [0, 0.1) is 5.92 Å². The highest BCUT2D eigenvalue weighted by Gasteiger charge is 2.14. The molecule has 19 heavy (non-hydrogen) atoms. The van der Waals surface area contributed by atoms with Crippen LogP contribution in [0.1, 0.15) is 33.4 Å². The van der Waals surface area contributed by atoms with Crippen LogP contribution in [-0.4, -0.2) is 17.1 Å². The fourth-order valence-electron chi connectivity index (χ4n) is 2.42. The molecule has 2 nitrogen and oxygen atoms in total. The molecule has 1 heterocycles. The quantitative estimate of drug-likeness (QED) is 0.880. The molecule has 0 radical (unpaired) electrons. The molecule has 0 aliphatic heterocycles. The molecule has 0 aliphatic rings. The molecule has 0 bridgehead atoms. The molecule has 2 aromatic rings. The predicted octanol–water partition coefficient (Wildman–Crippen LogP) is 3.80. The SMILES string of the molecule is CC(C)NC(C)C(C)Cc1ccc2ccccc2n1. The van der Waals surface area contributed by atoms with Crippen LogP contribution in [0.25, 0.3) is 10.9 Å². The maximum absolute atomic E-state index is 4.75. The van der Waals surface area contributed by atoms with E-state index in [2.05, 4.69) is 63.3 Å². The summed E-state index contributed by atoms with van der Waals surface area (Å²) in [5, 5.41) is 4.79. The molecular weight excluding hydrogens is 232 g/mol. The van der Waals surface area contributed by atoms with Crippen molar-refractivity contribution >= 4 is 10.9 Å². The van der Waals surface area contributed by atoms with Gasteiger partial charge in [0, 0.05) is 23.2 Å². The smallest absolute Gasteiger partial charge is 0.0705 e. The first-order chi connectivity index (χ1) is 9.06. The largest absolute Gasteiger partial charge is 0.312 e. The van der Waals surface area contributed by atoms with Gasteiger partial charge in [-0.3, -0.25) is 4.98 Å². The molecule has 102 valence electrons. The Morgan fingerprint density at radius 3 is 2.47 bits per heavy atom. The summed E-state index contributed by atoms with van der Waals surface area (Å²) in [4.78, 5) is 4.75. The standard InChI is InChI=1S/C17H24N2/c1-12(2)18-14(4)13(3)11-16-10-9-15-7-5-6-8-17(15)19-16/h5-10,12-14,18H,11H2,1-4H3. The van der Waals surface area contributed by atoms with E-state index in [9.17, 15) is 0 Å². The average Bonchev–Trinajstić information content (AvgIpc) is 2.37. The molecule has 0 fully saturated rings. The monoisotopic (exact) mass is 256 g/mol. The van der Waals surface area contributed by atoms with E-state index >= 15 is 0 Å². The van der Waals surface area contributed by atoms with Crippen molar-refractivity contribution in [3.63, 3.8) is 0 Å². The number of fused-ring (bicyclic) bond motifs is 1. The van der Waals surface area contributed by atoms with Gasteiger partial charge in [-0.25, -0.2) is 0 Å². The minimum Gasteiger partial charge on any atom is -0.312 e. The van der Waals surface area contributed by atoms with E-state index in [0.29, 0.717) is 18.0 Å². The van der Waals surface area contributed by atoms with Crippen molar-refractivity contribution in [3.8, 4) is 0 Å². The molecule has 2 rings (SSSR count). The van der Waals surface area contributed by atoms with E-state index in [1.807, 2.05) is 6.07 Å². The number of pyridine rings is 1. The van der Waals surface area contributed by atoms with Crippen molar-refractivity contribution in [2.75, 3.05) is 0 Å². The van der Waals surface area contributed by atoms with Crippen LogP contribution in [0.5, 0.6) is 0 Å². The minimum atomic E-state index is 0.508. The summed E-state index contributed by atoms with van der Waals surface area (Å²) in [6.07, 6.45) is 1.02. The van der Waals surface area contributed by atoms with E-state index in [4.69, 9.17) is 4.98 Å². The topological polar surface area (TPSA) is 24.9 Å². The zero-order valence-electron chi connectivity index (χ0n) is 12.4. The third-order valence-corrected chi connectivity index (χ3v) is 3.64. The van der Waals surface area contributed by atoms with E-state index in [1.165, 1.54) is 11.1 Å². The Morgan fingerprint density at radius 1 is 1.00 bits per heavy atom. The molecule has 2 unspecified atom stereocenters. The van der Waals surface area contributed by atoms with Crippen LogP contribution in [0.2, 0.25) is 0 Å². The van der Waals surface area contributed by atoms with Gasteiger partial charge in [0.2, 0.25) is 0 Å². The van der Waals surface area contributed by atoms with Crippen molar-refractivity contribution in [3.05, 3.63) is 42.1 Å². The van der Waals surface area contributed by atoms with Crippen LogP contribution >= 0.6 is 0 Å². The lowest BCUT2D eigenvalue weighted by atomic mass is 9.96. The highest BCUT2D eigenvalue weighted by atomic mass is 14.9. The van der Waals surface area contributed by atoms with Crippen LogP contribution in [0.3, 0.4) is 0 Å². The number of aromatic nitrogens is 1. The van der Waals surface area contributed by atoms with Gasteiger partial charge in [-0.2, -0.15) is 0 Å². The van der Waals surface area contributed by atoms with Gasteiger partial charge in [0.15, 0.2) is 0 Å². The summed E-state index contributed by atoms with van der Waals surface area (Å²) >= 11 is 0. The fraction of sp³-hybridized carbons (Fsp3) is 0.471. The summed E-state index contributed by atoms with van der Waals surface area (Å²) in [5.41, 5.74) is 2.28. The fourth-order valence-corrected chi connectivity index (χ4v) is 2.42. The highest BCUT2D eigenvalue weighted by Crippen LogP contribution is 2.16. The van der Waals surface area contributed by atoms with E-state index < -0.39 is 0 Å². The number of benzene rings is 1. The molecule has 2 heteroatoms. The van der Waals surface area contributed by atoms with Gasteiger partial charge in [0.25, 0.3) is 0 Å². The molecule has 0 saturated carbocycles. The molecular formula is C17H24N2. The van der Waals surface area contributed by atoms with Crippen LogP contribution < -0.4 is 5.32 Å². The average molecular weight is 256 g/mol. The Morgan fingerprint density at radius 2 is 1.74 bits per heavy atom. The van der Waals surface area contributed by atoms with E-state index in [0.717, 1.165) is 11.9 Å². The number of nitrogens with zero attached hydrogens (tertiary/aromatic N) is 1. The number of hydrogen-bond acceptors (Lipinski definition) is 2. The lowest BCUT2D eigenvalue weighted by molar-refractivity contribution is 0.370. The second-order valence-electron chi connectivity index (χ2n) is 5.79. The van der Waals surface area contributed by atoms with E-state index in [-0.39, 0.29) is 0 Å². The summed E-state index contributed by atoms with van der Waals surface area (Å²) < 4.78 is 0. The maximum Gasteiger partial charge on any atom is 0.0705 e. The van der Waals surface area contributed by atoms with Gasteiger partial charge < -0.3 is 5.32 Å². The van der Waals surface area contributed by atoms with Crippen LogP contribution in [0.4, 0.5) is 0 Å². The lowest BCUT2D eigenvalue weighted by Crippen LogP contribution is -2.37. The normalized spacial score (nSPS) is 14.8. The molecule has 0 aliphatic carbocycles. The van der Waals surface area contributed by atoms with Gasteiger partial charge in [0.1, 0.15) is 0 Å². The number of nitrogens with one attached hydrogen (secondary N) is 1. The molecule has 1 aromatic heterocycles. The Kier molecular flexibility index (Phi) is 4.54. The molecule has 2 atom stereocenters. The third kappa shape index (κ3) is 3.77. The molecule has 0 amide bonds. The Bertz CT molecular complexity index is 534.